The topological polar surface area (TPSA) is 75.4 Å². The molecule has 0 aromatic rings. The van der Waals surface area contributed by atoms with Crippen molar-refractivity contribution in [2.75, 3.05) is 13.1 Å². The molecule has 3 unspecified atom stereocenters. The van der Waals surface area contributed by atoms with E-state index < -0.39 is 10.2 Å². The Balaban J connectivity index is 2.00. The Morgan fingerprint density at radius 3 is 2.68 bits per heavy atom. The van der Waals surface area contributed by atoms with Gasteiger partial charge in [0.1, 0.15) is 0 Å². The van der Waals surface area contributed by atoms with Gasteiger partial charge in [0.05, 0.1) is 0 Å². The monoisotopic (exact) mass is 289 g/mol. The van der Waals surface area contributed by atoms with Crippen molar-refractivity contribution in [2.45, 2.75) is 64.0 Å². The molecule has 1 heterocycles. The molecule has 0 spiro atoms. The van der Waals surface area contributed by atoms with E-state index in [0.717, 1.165) is 38.5 Å². The third-order valence-electron chi connectivity index (χ3n) is 4.41. The molecule has 1 aliphatic carbocycles. The fraction of sp³-hybridized carbons (Fsp3) is 1.00. The van der Waals surface area contributed by atoms with Crippen molar-refractivity contribution in [3.05, 3.63) is 0 Å². The first-order valence-corrected chi connectivity index (χ1v) is 8.96. The molecule has 0 aromatic carbocycles. The minimum atomic E-state index is -3.36. The molecule has 0 amide bonds. The maximum Gasteiger partial charge on any atom is 0.279 e. The van der Waals surface area contributed by atoms with Gasteiger partial charge in [0.2, 0.25) is 0 Å². The fourth-order valence-electron chi connectivity index (χ4n) is 3.35. The Bertz CT molecular complexity index is 385. The van der Waals surface area contributed by atoms with Crippen LogP contribution in [-0.2, 0) is 10.2 Å². The molecule has 3 N–H and O–H groups in total. The molecule has 0 bridgehead atoms. The van der Waals surface area contributed by atoms with Crippen molar-refractivity contribution in [1.82, 2.24) is 9.03 Å². The van der Waals surface area contributed by atoms with Crippen LogP contribution in [0.15, 0.2) is 0 Å². The van der Waals surface area contributed by atoms with Gasteiger partial charge in [-0.05, 0) is 31.6 Å². The van der Waals surface area contributed by atoms with E-state index in [9.17, 15) is 8.42 Å². The lowest BCUT2D eigenvalue weighted by Crippen LogP contribution is -2.54. The zero-order valence-electron chi connectivity index (χ0n) is 11.8. The first-order valence-electron chi connectivity index (χ1n) is 7.52. The third-order valence-corrected chi connectivity index (χ3v) is 6.14. The Kier molecular flexibility index (Phi) is 5.22. The standard InChI is InChI=1S/C13H27N3O2S/c1-11-5-4-6-12(9-11)15-19(17,18)16-8-3-2-7-13(16)10-14/h11-13,15H,2-10,14H2,1H3. The molecule has 1 aliphatic heterocycles. The summed E-state index contributed by atoms with van der Waals surface area (Å²) in [6.45, 7) is 3.23. The molecule has 2 aliphatic rings. The molecule has 2 fully saturated rings. The number of rotatable bonds is 4. The molecular formula is C13H27N3O2S. The number of hydrogen-bond acceptors (Lipinski definition) is 3. The zero-order valence-corrected chi connectivity index (χ0v) is 12.7. The molecule has 0 aromatic heterocycles. The van der Waals surface area contributed by atoms with E-state index in [2.05, 4.69) is 11.6 Å². The van der Waals surface area contributed by atoms with Crippen molar-refractivity contribution < 1.29 is 8.42 Å². The maximum absolute atomic E-state index is 12.5. The summed E-state index contributed by atoms with van der Waals surface area (Å²) in [6, 6.07) is 0.0846. The lowest BCUT2D eigenvalue weighted by molar-refractivity contribution is 0.247. The van der Waals surface area contributed by atoms with Gasteiger partial charge < -0.3 is 5.73 Å². The molecule has 6 heteroatoms. The summed E-state index contributed by atoms with van der Waals surface area (Å²) >= 11 is 0. The Morgan fingerprint density at radius 1 is 1.21 bits per heavy atom. The second kappa shape index (κ2) is 6.52. The predicted molar refractivity (Wildman–Crippen MR) is 76.9 cm³/mol. The van der Waals surface area contributed by atoms with Crippen LogP contribution in [0.25, 0.3) is 0 Å². The second-order valence-corrected chi connectivity index (χ2v) is 7.74. The summed E-state index contributed by atoms with van der Waals surface area (Å²) < 4.78 is 29.5. The van der Waals surface area contributed by atoms with Crippen molar-refractivity contribution in [1.29, 1.82) is 0 Å². The Morgan fingerprint density at radius 2 is 2.00 bits per heavy atom. The SMILES string of the molecule is CC1CCCC(NS(=O)(=O)N2CCCCC2CN)C1. The normalized spacial score (nSPS) is 34.3. The lowest BCUT2D eigenvalue weighted by Gasteiger charge is -2.36. The minimum absolute atomic E-state index is 0.0211. The molecule has 0 radical (unpaired) electrons. The van der Waals surface area contributed by atoms with Gasteiger partial charge in [-0.1, -0.05) is 26.2 Å². The minimum Gasteiger partial charge on any atom is -0.329 e. The quantitative estimate of drug-likeness (QED) is 0.817. The van der Waals surface area contributed by atoms with E-state index in [1.54, 1.807) is 4.31 Å². The van der Waals surface area contributed by atoms with Crippen LogP contribution in [0.4, 0.5) is 0 Å². The van der Waals surface area contributed by atoms with E-state index in [-0.39, 0.29) is 12.1 Å². The van der Waals surface area contributed by atoms with Gasteiger partial charge in [0.15, 0.2) is 0 Å². The second-order valence-electron chi connectivity index (χ2n) is 6.09. The molecular weight excluding hydrogens is 262 g/mol. The largest absolute Gasteiger partial charge is 0.329 e. The highest BCUT2D eigenvalue weighted by atomic mass is 32.2. The molecule has 2 rings (SSSR count). The molecule has 5 nitrogen and oxygen atoms in total. The van der Waals surface area contributed by atoms with Crippen LogP contribution in [0.5, 0.6) is 0 Å². The van der Waals surface area contributed by atoms with Gasteiger partial charge >= 0.3 is 0 Å². The summed E-state index contributed by atoms with van der Waals surface area (Å²) in [4.78, 5) is 0. The van der Waals surface area contributed by atoms with Gasteiger partial charge in [0.25, 0.3) is 10.2 Å². The highest BCUT2D eigenvalue weighted by Crippen LogP contribution is 2.25. The van der Waals surface area contributed by atoms with Crippen LogP contribution >= 0.6 is 0 Å². The van der Waals surface area contributed by atoms with Crippen LogP contribution < -0.4 is 10.5 Å². The van der Waals surface area contributed by atoms with Crippen LogP contribution in [0, 0.1) is 5.92 Å². The lowest BCUT2D eigenvalue weighted by atomic mass is 9.88. The average molecular weight is 289 g/mol. The van der Waals surface area contributed by atoms with Crippen molar-refractivity contribution in [2.24, 2.45) is 11.7 Å². The predicted octanol–water partition coefficient (Wildman–Crippen LogP) is 1.21. The van der Waals surface area contributed by atoms with Gasteiger partial charge in [-0.2, -0.15) is 17.4 Å². The Hall–Kier alpha value is -0.170. The summed E-state index contributed by atoms with van der Waals surface area (Å²) in [6.07, 6.45) is 7.17. The van der Waals surface area contributed by atoms with Crippen molar-refractivity contribution in [3.8, 4) is 0 Å². The highest BCUT2D eigenvalue weighted by Gasteiger charge is 2.33. The summed E-state index contributed by atoms with van der Waals surface area (Å²) in [5.41, 5.74) is 5.71. The first kappa shape index (κ1) is 15.2. The van der Waals surface area contributed by atoms with E-state index >= 15 is 0 Å². The van der Waals surface area contributed by atoms with Crippen LogP contribution in [0.3, 0.4) is 0 Å². The first-order chi connectivity index (χ1) is 9.03. The van der Waals surface area contributed by atoms with E-state index in [1.807, 2.05) is 0 Å². The molecule has 19 heavy (non-hydrogen) atoms. The number of hydrogen-bond donors (Lipinski definition) is 2. The van der Waals surface area contributed by atoms with Crippen molar-refractivity contribution in [3.63, 3.8) is 0 Å². The summed E-state index contributed by atoms with van der Waals surface area (Å²) in [7, 11) is -3.36. The number of nitrogens with zero attached hydrogens (tertiary/aromatic N) is 1. The van der Waals surface area contributed by atoms with E-state index in [1.165, 1.54) is 6.42 Å². The van der Waals surface area contributed by atoms with Gasteiger partial charge in [-0.3, -0.25) is 0 Å². The van der Waals surface area contributed by atoms with E-state index in [4.69, 9.17) is 5.73 Å². The number of piperidine rings is 1. The van der Waals surface area contributed by atoms with Crippen LogP contribution in [0.1, 0.15) is 51.9 Å². The summed E-state index contributed by atoms with van der Waals surface area (Å²) in [5, 5.41) is 0. The summed E-state index contributed by atoms with van der Waals surface area (Å²) in [5.74, 6) is 0.619. The number of nitrogens with two attached hydrogens (primary N) is 1. The van der Waals surface area contributed by atoms with Crippen LogP contribution in [0.2, 0.25) is 0 Å². The maximum atomic E-state index is 12.5. The zero-order chi connectivity index (χ0) is 13.9. The highest BCUT2D eigenvalue weighted by molar-refractivity contribution is 7.87. The third kappa shape index (κ3) is 3.90. The molecule has 112 valence electrons. The average Bonchev–Trinajstić information content (AvgIpc) is 2.38. The molecule has 1 saturated heterocycles. The van der Waals surface area contributed by atoms with Gasteiger partial charge in [-0.15, -0.1) is 0 Å². The molecule has 3 atom stereocenters. The number of nitrogens with one attached hydrogen (secondary N) is 1. The fourth-order valence-corrected chi connectivity index (χ4v) is 5.07. The van der Waals surface area contributed by atoms with Crippen LogP contribution in [-0.4, -0.2) is 37.9 Å². The smallest absolute Gasteiger partial charge is 0.279 e. The molecule has 1 saturated carbocycles. The van der Waals surface area contributed by atoms with E-state index in [0.29, 0.717) is 19.0 Å². The van der Waals surface area contributed by atoms with Crippen molar-refractivity contribution >= 4 is 10.2 Å². The van der Waals surface area contributed by atoms with Gasteiger partial charge in [0, 0.05) is 25.2 Å². The van der Waals surface area contributed by atoms with Gasteiger partial charge in [-0.25, -0.2) is 0 Å². The Labute approximate surface area is 117 Å².